The van der Waals surface area contributed by atoms with Gasteiger partial charge in [0, 0.05) is 6.20 Å². The molecule has 0 aliphatic rings. The van der Waals surface area contributed by atoms with Crippen LogP contribution in [0.1, 0.15) is 10.5 Å². The van der Waals surface area contributed by atoms with Crippen molar-refractivity contribution in [3.63, 3.8) is 0 Å². The van der Waals surface area contributed by atoms with Gasteiger partial charge in [0.05, 0.1) is 24.8 Å². The maximum Gasteiger partial charge on any atom is 0.354 e. The third-order valence-electron chi connectivity index (χ3n) is 2.76. The number of pyridine rings is 1. The van der Waals surface area contributed by atoms with E-state index in [-0.39, 0.29) is 5.69 Å². The van der Waals surface area contributed by atoms with Gasteiger partial charge < -0.3 is 14.6 Å². The SMILES string of the molecule is COc1ccc(Cl)c(OC)c1-c1ccnc(C(=O)O)c1. The molecule has 1 N–H and O–H groups in total. The quantitative estimate of drug-likeness (QED) is 0.938. The summed E-state index contributed by atoms with van der Waals surface area (Å²) in [5.74, 6) is -0.144. The smallest absolute Gasteiger partial charge is 0.354 e. The Bertz CT molecular complexity index is 658. The lowest BCUT2D eigenvalue weighted by atomic mass is 10.0. The van der Waals surface area contributed by atoms with Crippen LogP contribution in [-0.4, -0.2) is 30.3 Å². The summed E-state index contributed by atoms with van der Waals surface area (Å²) in [5.41, 5.74) is 1.13. The van der Waals surface area contributed by atoms with Gasteiger partial charge in [0.15, 0.2) is 0 Å². The number of carbonyl (C=O) groups is 1. The molecule has 1 aromatic heterocycles. The Balaban J connectivity index is 2.70. The minimum absolute atomic E-state index is 0.0634. The van der Waals surface area contributed by atoms with E-state index >= 15 is 0 Å². The molecule has 0 amide bonds. The van der Waals surface area contributed by atoms with Gasteiger partial charge in [0.25, 0.3) is 0 Å². The summed E-state index contributed by atoms with van der Waals surface area (Å²) in [6, 6.07) is 6.46. The molecule has 1 aromatic carbocycles. The second-order valence-corrected chi connectivity index (χ2v) is 4.30. The molecule has 0 atom stereocenters. The van der Waals surface area contributed by atoms with Crippen molar-refractivity contribution in [2.75, 3.05) is 14.2 Å². The van der Waals surface area contributed by atoms with Gasteiger partial charge in [-0.2, -0.15) is 0 Å². The minimum atomic E-state index is -1.10. The van der Waals surface area contributed by atoms with E-state index in [1.165, 1.54) is 26.5 Å². The normalized spacial score (nSPS) is 10.2. The van der Waals surface area contributed by atoms with E-state index in [0.29, 0.717) is 27.6 Å². The van der Waals surface area contributed by atoms with E-state index in [2.05, 4.69) is 4.98 Å². The Morgan fingerprint density at radius 2 is 2.00 bits per heavy atom. The van der Waals surface area contributed by atoms with Crippen LogP contribution in [-0.2, 0) is 0 Å². The van der Waals surface area contributed by atoms with Crippen LogP contribution in [0.4, 0.5) is 0 Å². The largest absolute Gasteiger partial charge is 0.496 e. The van der Waals surface area contributed by atoms with Crippen molar-refractivity contribution >= 4 is 17.6 Å². The highest BCUT2D eigenvalue weighted by Crippen LogP contribution is 2.42. The summed E-state index contributed by atoms with van der Waals surface area (Å²) in [6.45, 7) is 0. The average molecular weight is 294 g/mol. The second-order valence-electron chi connectivity index (χ2n) is 3.89. The monoisotopic (exact) mass is 293 g/mol. The summed E-state index contributed by atoms with van der Waals surface area (Å²) in [5, 5.41) is 9.43. The van der Waals surface area contributed by atoms with Crippen LogP contribution in [0.3, 0.4) is 0 Å². The number of benzene rings is 1. The van der Waals surface area contributed by atoms with Crippen molar-refractivity contribution in [3.8, 4) is 22.6 Å². The van der Waals surface area contributed by atoms with Crippen LogP contribution in [0.15, 0.2) is 30.5 Å². The van der Waals surface area contributed by atoms with Crippen LogP contribution in [0.5, 0.6) is 11.5 Å². The zero-order valence-corrected chi connectivity index (χ0v) is 11.6. The molecule has 0 bridgehead atoms. The zero-order valence-electron chi connectivity index (χ0n) is 10.9. The van der Waals surface area contributed by atoms with E-state index in [1.54, 1.807) is 18.2 Å². The number of aromatic carboxylic acids is 1. The Hall–Kier alpha value is -2.27. The Labute approximate surface area is 120 Å². The van der Waals surface area contributed by atoms with Gasteiger partial charge in [-0.3, -0.25) is 0 Å². The van der Waals surface area contributed by atoms with Gasteiger partial charge in [-0.05, 0) is 29.8 Å². The first kappa shape index (κ1) is 14.1. The van der Waals surface area contributed by atoms with Gasteiger partial charge in [0.1, 0.15) is 17.2 Å². The number of rotatable bonds is 4. The van der Waals surface area contributed by atoms with Crippen molar-refractivity contribution in [3.05, 3.63) is 41.2 Å². The lowest BCUT2D eigenvalue weighted by molar-refractivity contribution is 0.0690. The number of halogens is 1. The van der Waals surface area contributed by atoms with Crippen molar-refractivity contribution < 1.29 is 19.4 Å². The third-order valence-corrected chi connectivity index (χ3v) is 3.06. The fraction of sp³-hybridized carbons (Fsp3) is 0.143. The molecule has 20 heavy (non-hydrogen) atoms. The third kappa shape index (κ3) is 2.53. The average Bonchev–Trinajstić information content (AvgIpc) is 2.47. The van der Waals surface area contributed by atoms with Gasteiger partial charge in [-0.1, -0.05) is 11.6 Å². The lowest BCUT2D eigenvalue weighted by Gasteiger charge is -2.14. The second kappa shape index (κ2) is 5.79. The summed E-state index contributed by atoms with van der Waals surface area (Å²) in [6.07, 6.45) is 1.42. The van der Waals surface area contributed by atoms with E-state index in [9.17, 15) is 4.79 Å². The molecule has 0 aliphatic heterocycles. The molecule has 0 saturated carbocycles. The van der Waals surface area contributed by atoms with Crippen molar-refractivity contribution in [1.82, 2.24) is 4.98 Å². The standard InChI is InChI=1S/C14H12ClNO4/c1-19-11-4-3-9(15)13(20-2)12(11)8-5-6-16-10(7-8)14(17)18/h3-7H,1-2H3,(H,17,18). The number of nitrogens with zero attached hydrogens (tertiary/aromatic N) is 1. The maximum atomic E-state index is 11.0. The van der Waals surface area contributed by atoms with E-state index < -0.39 is 5.97 Å². The Kier molecular flexibility index (Phi) is 4.10. The predicted octanol–water partition coefficient (Wildman–Crippen LogP) is 3.12. The van der Waals surface area contributed by atoms with Gasteiger partial charge in [0.2, 0.25) is 0 Å². The van der Waals surface area contributed by atoms with Crippen LogP contribution < -0.4 is 9.47 Å². The van der Waals surface area contributed by atoms with Crippen molar-refractivity contribution in [2.24, 2.45) is 0 Å². The number of carboxylic acids is 1. The van der Waals surface area contributed by atoms with E-state index in [4.69, 9.17) is 26.2 Å². The fourth-order valence-electron chi connectivity index (χ4n) is 1.89. The number of hydrogen-bond acceptors (Lipinski definition) is 4. The molecular formula is C14H12ClNO4. The lowest BCUT2D eigenvalue weighted by Crippen LogP contribution is -2.01. The van der Waals surface area contributed by atoms with Crippen LogP contribution in [0, 0.1) is 0 Å². The molecule has 0 spiro atoms. The van der Waals surface area contributed by atoms with Crippen LogP contribution in [0.2, 0.25) is 5.02 Å². The number of carboxylic acid groups (broad SMARTS) is 1. The highest BCUT2D eigenvalue weighted by Gasteiger charge is 2.17. The van der Waals surface area contributed by atoms with Crippen LogP contribution >= 0.6 is 11.6 Å². The number of hydrogen-bond donors (Lipinski definition) is 1. The summed E-state index contributed by atoms with van der Waals surface area (Å²) in [4.78, 5) is 14.8. The maximum absolute atomic E-state index is 11.0. The first-order valence-corrected chi connectivity index (χ1v) is 6.06. The first-order valence-electron chi connectivity index (χ1n) is 5.68. The summed E-state index contributed by atoms with van der Waals surface area (Å²) in [7, 11) is 3.01. The van der Waals surface area contributed by atoms with Gasteiger partial charge >= 0.3 is 5.97 Å². The molecule has 0 radical (unpaired) electrons. The predicted molar refractivity (Wildman–Crippen MR) is 74.7 cm³/mol. The molecule has 104 valence electrons. The highest BCUT2D eigenvalue weighted by atomic mass is 35.5. The topological polar surface area (TPSA) is 68.7 Å². The molecule has 2 aromatic rings. The fourth-order valence-corrected chi connectivity index (χ4v) is 2.12. The molecule has 0 aliphatic carbocycles. The zero-order chi connectivity index (χ0) is 14.7. The van der Waals surface area contributed by atoms with Gasteiger partial charge in [-0.15, -0.1) is 0 Å². The number of methoxy groups -OCH3 is 2. The van der Waals surface area contributed by atoms with E-state index in [0.717, 1.165) is 0 Å². The molecule has 5 nitrogen and oxygen atoms in total. The van der Waals surface area contributed by atoms with Crippen molar-refractivity contribution in [1.29, 1.82) is 0 Å². The molecular weight excluding hydrogens is 282 g/mol. The Morgan fingerprint density at radius 3 is 2.60 bits per heavy atom. The molecule has 2 rings (SSSR count). The number of ether oxygens (including phenoxy) is 2. The molecule has 0 unspecified atom stereocenters. The molecule has 0 fully saturated rings. The Morgan fingerprint density at radius 1 is 1.25 bits per heavy atom. The van der Waals surface area contributed by atoms with Crippen molar-refractivity contribution in [2.45, 2.75) is 0 Å². The highest BCUT2D eigenvalue weighted by molar-refractivity contribution is 6.32. The van der Waals surface area contributed by atoms with Gasteiger partial charge in [-0.25, -0.2) is 9.78 Å². The first-order chi connectivity index (χ1) is 9.58. The molecule has 0 saturated heterocycles. The summed E-state index contributed by atoms with van der Waals surface area (Å²) >= 11 is 6.10. The van der Waals surface area contributed by atoms with E-state index in [1.807, 2.05) is 0 Å². The van der Waals surface area contributed by atoms with Crippen LogP contribution in [0.25, 0.3) is 11.1 Å². The number of aromatic nitrogens is 1. The molecule has 1 heterocycles. The minimum Gasteiger partial charge on any atom is -0.496 e. The summed E-state index contributed by atoms with van der Waals surface area (Å²) < 4.78 is 10.6. The molecule has 6 heteroatoms.